The predicted molar refractivity (Wildman–Crippen MR) is 78.6 cm³/mol. The molecule has 0 radical (unpaired) electrons. The van der Waals surface area contributed by atoms with E-state index in [1.807, 2.05) is 19.1 Å². The van der Waals surface area contributed by atoms with Gasteiger partial charge >= 0.3 is 0 Å². The van der Waals surface area contributed by atoms with Crippen molar-refractivity contribution in [2.24, 2.45) is 0 Å². The van der Waals surface area contributed by atoms with Crippen molar-refractivity contribution < 1.29 is 4.79 Å². The zero-order valence-corrected chi connectivity index (χ0v) is 11.4. The number of rotatable bonds is 3. The topological polar surface area (TPSA) is 68.0 Å². The number of amides is 1. The standard InChI is InChI=1S/C16H17N3O/c1-10-6-15(17)14(9-18-10)16(20)19-8-12-7-11-4-2-3-5-13(11)12/h2-6,9,12H,7-8H2,1H3,(H2,17,18)(H,19,20). The number of anilines is 1. The number of hydrogen-bond donors (Lipinski definition) is 2. The maximum absolute atomic E-state index is 12.1. The van der Waals surface area contributed by atoms with Crippen LogP contribution in [0.4, 0.5) is 5.69 Å². The lowest BCUT2D eigenvalue weighted by Crippen LogP contribution is -2.33. The summed E-state index contributed by atoms with van der Waals surface area (Å²) in [5, 5.41) is 2.94. The van der Waals surface area contributed by atoms with E-state index in [0.29, 0.717) is 23.7 Å². The van der Waals surface area contributed by atoms with Gasteiger partial charge in [-0.1, -0.05) is 24.3 Å². The van der Waals surface area contributed by atoms with Gasteiger partial charge in [0.1, 0.15) is 0 Å². The Morgan fingerprint density at radius 1 is 1.45 bits per heavy atom. The maximum Gasteiger partial charge on any atom is 0.254 e. The number of nitrogens with zero attached hydrogens (tertiary/aromatic N) is 1. The summed E-state index contributed by atoms with van der Waals surface area (Å²) < 4.78 is 0. The number of pyridine rings is 1. The molecule has 1 unspecified atom stereocenters. The molecule has 1 aromatic heterocycles. The molecule has 0 bridgehead atoms. The van der Waals surface area contributed by atoms with E-state index in [1.54, 1.807) is 6.07 Å². The Kier molecular flexibility index (Phi) is 3.14. The molecular formula is C16H17N3O. The number of fused-ring (bicyclic) bond motifs is 1. The first-order valence-electron chi connectivity index (χ1n) is 6.73. The molecule has 1 aliphatic carbocycles. The van der Waals surface area contributed by atoms with Gasteiger partial charge in [0, 0.05) is 30.0 Å². The summed E-state index contributed by atoms with van der Waals surface area (Å²) in [5.41, 5.74) is 10.3. The quantitative estimate of drug-likeness (QED) is 0.894. The van der Waals surface area contributed by atoms with Gasteiger partial charge in [-0.15, -0.1) is 0 Å². The Hall–Kier alpha value is -2.36. The van der Waals surface area contributed by atoms with Crippen LogP contribution in [0.25, 0.3) is 0 Å². The minimum absolute atomic E-state index is 0.153. The van der Waals surface area contributed by atoms with Crippen LogP contribution in [0, 0.1) is 6.92 Å². The number of aryl methyl sites for hydroxylation is 1. The number of nitrogen functional groups attached to an aromatic ring is 1. The smallest absolute Gasteiger partial charge is 0.254 e. The van der Waals surface area contributed by atoms with Crippen molar-refractivity contribution in [2.75, 3.05) is 12.3 Å². The summed E-state index contributed by atoms with van der Waals surface area (Å²) in [7, 11) is 0. The summed E-state index contributed by atoms with van der Waals surface area (Å²) >= 11 is 0. The number of carbonyl (C=O) groups is 1. The molecule has 1 aromatic carbocycles. The fourth-order valence-electron chi connectivity index (χ4n) is 2.63. The van der Waals surface area contributed by atoms with Gasteiger partial charge in [-0.2, -0.15) is 0 Å². The normalized spacial score (nSPS) is 16.1. The fourth-order valence-corrected chi connectivity index (χ4v) is 2.63. The van der Waals surface area contributed by atoms with Crippen molar-refractivity contribution in [3.05, 3.63) is 58.9 Å². The van der Waals surface area contributed by atoms with Gasteiger partial charge < -0.3 is 11.1 Å². The number of nitrogens with two attached hydrogens (primary N) is 1. The van der Waals surface area contributed by atoms with E-state index in [-0.39, 0.29) is 5.91 Å². The molecule has 4 nitrogen and oxygen atoms in total. The summed E-state index contributed by atoms with van der Waals surface area (Å²) in [5.74, 6) is 0.258. The van der Waals surface area contributed by atoms with Crippen molar-refractivity contribution in [1.82, 2.24) is 10.3 Å². The first kappa shape index (κ1) is 12.7. The van der Waals surface area contributed by atoms with Gasteiger partial charge in [0.2, 0.25) is 0 Å². The third-order valence-corrected chi connectivity index (χ3v) is 3.79. The van der Waals surface area contributed by atoms with Crippen LogP contribution in [0.15, 0.2) is 36.5 Å². The third-order valence-electron chi connectivity index (χ3n) is 3.79. The van der Waals surface area contributed by atoms with Gasteiger partial charge in [-0.25, -0.2) is 0 Å². The predicted octanol–water partition coefficient (Wildman–Crippen LogP) is 2.04. The fraction of sp³-hybridized carbons (Fsp3) is 0.250. The van der Waals surface area contributed by atoms with E-state index in [2.05, 4.69) is 22.4 Å². The van der Waals surface area contributed by atoms with Crippen LogP contribution >= 0.6 is 0 Å². The minimum Gasteiger partial charge on any atom is -0.398 e. The number of nitrogens with one attached hydrogen (secondary N) is 1. The van der Waals surface area contributed by atoms with Crippen LogP contribution in [-0.2, 0) is 6.42 Å². The molecule has 0 saturated carbocycles. The molecule has 0 fully saturated rings. The van der Waals surface area contributed by atoms with Gasteiger partial charge in [-0.3, -0.25) is 9.78 Å². The molecule has 1 amide bonds. The Bertz CT molecular complexity index is 667. The van der Waals surface area contributed by atoms with Crippen LogP contribution in [0.3, 0.4) is 0 Å². The van der Waals surface area contributed by atoms with Crippen molar-refractivity contribution in [3.8, 4) is 0 Å². The van der Waals surface area contributed by atoms with E-state index >= 15 is 0 Å². The van der Waals surface area contributed by atoms with Crippen LogP contribution in [0.2, 0.25) is 0 Å². The Balaban J connectivity index is 1.64. The molecule has 1 heterocycles. The van der Waals surface area contributed by atoms with E-state index in [9.17, 15) is 4.79 Å². The monoisotopic (exact) mass is 267 g/mol. The average molecular weight is 267 g/mol. The summed E-state index contributed by atoms with van der Waals surface area (Å²) in [6.07, 6.45) is 2.56. The summed E-state index contributed by atoms with van der Waals surface area (Å²) in [6.45, 7) is 2.49. The Labute approximate surface area is 118 Å². The van der Waals surface area contributed by atoms with Gasteiger partial charge in [0.15, 0.2) is 0 Å². The largest absolute Gasteiger partial charge is 0.398 e. The molecule has 20 heavy (non-hydrogen) atoms. The highest BCUT2D eigenvalue weighted by Crippen LogP contribution is 2.34. The van der Waals surface area contributed by atoms with E-state index < -0.39 is 0 Å². The van der Waals surface area contributed by atoms with Crippen LogP contribution in [0.5, 0.6) is 0 Å². The average Bonchev–Trinajstić information content (AvgIpc) is 2.39. The van der Waals surface area contributed by atoms with Crippen LogP contribution < -0.4 is 11.1 Å². The summed E-state index contributed by atoms with van der Waals surface area (Å²) in [4.78, 5) is 16.2. The SMILES string of the molecule is Cc1cc(N)c(C(=O)NCC2Cc3ccccc32)cn1. The molecule has 3 N–H and O–H groups in total. The van der Waals surface area contributed by atoms with Crippen molar-refractivity contribution in [3.63, 3.8) is 0 Å². The highest BCUT2D eigenvalue weighted by atomic mass is 16.1. The number of benzene rings is 1. The molecule has 102 valence electrons. The lowest BCUT2D eigenvalue weighted by atomic mass is 9.77. The first-order valence-corrected chi connectivity index (χ1v) is 6.73. The number of aromatic nitrogens is 1. The second kappa shape index (κ2) is 4.96. The van der Waals surface area contributed by atoms with E-state index in [1.165, 1.54) is 17.3 Å². The zero-order chi connectivity index (χ0) is 14.1. The van der Waals surface area contributed by atoms with Crippen LogP contribution in [0.1, 0.15) is 33.1 Å². The number of carbonyl (C=O) groups excluding carboxylic acids is 1. The molecule has 1 aliphatic rings. The Morgan fingerprint density at radius 2 is 2.25 bits per heavy atom. The van der Waals surface area contributed by atoms with Crippen molar-refractivity contribution >= 4 is 11.6 Å². The second-order valence-corrected chi connectivity index (χ2v) is 5.22. The van der Waals surface area contributed by atoms with Gasteiger partial charge in [0.25, 0.3) is 5.91 Å². The lowest BCUT2D eigenvalue weighted by Gasteiger charge is -2.30. The molecule has 1 atom stereocenters. The van der Waals surface area contributed by atoms with E-state index in [0.717, 1.165) is 12.1 Å². The highest BCUT2D eigenvalue weighted by molar-refractivity contribution is 5.98. The second-order valence-electron chi connectivity index (χ2n) is 5.22. The van der Waals surface area contributed by atoms with Crippen LogP contribution in [-0.4, -0.2) is 17.4 Å². The first-order chi connectivity index (χ1) is 9.65. The molecule has 0 spiro atoms. The third kappa shape index (κ3) is 2.25. The van der Waals surface area contributed by atoms with Crippen molar-refractivity contribution in [2.45, 2.75) is 19.3 Å². The zero-order valence-electron chi connectivity index (χ0n) is 11.4. The maximum atomic E-state index is 12.1. The molecule has 0 saturated heterocycles. The summed E-state index contributed by atoms with van der Waals surface area (Å²) in [6, 6.07) is 10.1. The Morgan fingerprint density at radius 3 is 3.00 bits per heavy atom. The molecule has 2 aromatic rings. The van der Waals surface area contributed by atoms with Gasteiger partial charge in [0.05, 0.1) is 5.56 Å². The lowest BCUT2D eigenvalue weighted by molar-refractivity contribution is 0.0950. The van der Waals surface area contributed by atoms with E-state index in [4.69, 9.17) is 5.73 Å². The molecule has 0 aliphatic heterocycles. The minimum atomic E-state index is -0.153. The molecular weight excluding hydrogens is 250 g/mol. The van der Waals surface area contributed by atoms with Gasteiger partial charge in [-0.05, 0) is 30.5 Å². The molecule has 3 rings (SSSR count). The molecule has 4 heteroatoms. The highest BCUT2D eigenvalue weighted by Gasteiger charge is 2.25. The number of hydrogen-bond acceptors (Lipinski definition) is 3. The van der Waals surface area contributed by atoms with Crippen molar-refractivity contribution in [1.29, 1.82) is 0 Å².